The van der Waals surface area contributed by atoms with Crippen LogP contribution in [0.1, 0.15) is 51.5 Å². The van der Waals surface area contributed by atoms with E-state index in [1.165, 1.54) is 0 Å². The van der Waals surface area contributed by atoms with E-state index in [1.54, 1.807) is 37.8 Å². The molecule has 1 aromatic carbocycles. The Hall–Kier alpha value is -1.57. The first-order valence-electron chi connectivity index (χ1n) is 13.6. The molecule has 1 aliphatic rings. The summed E-state index contributed by atoms with van der Waals surface area (Å²) >= 11 is 13.0. The predicted molar refractivity (Wildman–Crippen MR) is 163 cm³/mol. The zero-order valence-electron chi connectivity index (χ0n) is 25.1. The van der Waals surface area contributed by atoms with Crippen LogP contribution in [0.2, 0.25) is 35.7 Å². The molecule has 1 heterocycles. The highest BCUT2D eigenvalue weighted by atomic mass is 35.5. The van der Waals surface area contributed by atoms with Crippen molar-refractivity contribution in [3.8, 4) is 5.75 Å². The molecule has 41 heavy (non-hydrogen) atoms. The molecular weight excluding hydrogens is 611 g/mol. The number of carbonyl (C=O) groups excluding carboxylic acids is 2. The standard InChI is InChI=1S/C27H44Cl2N2O8SSi/c1-27(2,3)39-26(33)31-12-10-20(17-31)30-23(32)16-19(11-13-38-40(4,34)35)24-22(9-8-21(28)25(24)29)37-18-36-14-15-41(5,6)7/h8-9,19-20H,10-18H2,1-7H3,(H,30,32). The molecule has 2 unspecified atom stereocenters. The zero-order valence-corrected chi connectivity index (χ0v) is 28.4. The minimum absolute atomic E-state index is 0.0171. The van der Waals surface area contributed by atoms with Crippen molar-refractivity contribution in [1.82, 2.24) is 10.2 Å². The molecule has 1 aliphatic heterocycles. The number of hydrogen-bond acceptors (Lipinski definition) is 8. The van der Waals surface area contributed by atoms with Crippen molar-refractivity contribution in [2.45, 2.75) is 83.3 Å². The quantitative estimate of drug-likeness (QED) is 0.118. The van der Waals surface area contributed by atoms with E-state index in [-0.39, 0.29) is 48.2 Å². The molecule has 2 amide bonds. The zero-order chi connectivity index (χ0) is 31.0. The summed E-state index contributed by atoms with van der Waals surface area (Å²) in [5.41, 5.74) is -0.142. The maximum absolute atomic E-state index is 13.2. The van der Waals surface area contributed by atoms with Crippen LogP contribution in [0, 0.1) is 0 Å². The lowest BCUT2D eigenvalue weighted by atomic mass is 9.91. The summed E-state index contributed by atoms with van der Waals surface area (Å²) in [7, 11) is -4.97. The maximum Gasteiger partial charge on any atom is 0.410 e. The van der Waals surface area contributed by atoms with Crippen molar-refractivity contribution in [2.75, 3.05) is 39.4 Å². The van der Waals surface area contributed by atoms with E-state index in [0.29, 0.717) is 37.4 Å². The third-order valence-corrected chi connectivity index (χ3v) is 9.31. The Morgan fingerprint density at radius 2 is 1.85 bits per heavy atom. The largest absolute Gasteiger partial charge is 0.467 e. The van der Waals surface area contributed by atoms with Crippen molar-refractivity contribution in [1.29, 1.82) is 0 Å². The number of rotatable bonds is 14. The fraction of sp³-hybridized carbons (Fsp3) is 0.704. The van der Waals surface area contributed by atoms with Gasteiger partial charge >= 0.3 is 6.09 Å². The number of halogens is 2. The van der Waals surface area contributed by atoms with Gasteiger partial charge in [-0.25, -0.2) is 4.79 Å². The second-order valence-corrected chi connectivity index (χ2v) is 20.5. The van der Waals surface area contributed by atoms with Gasteiger partial charge in [0.15, 0.2) is 6.79 Å². The number of carbonyl (C=O) groups is 2. The molecule has 2 atom stereocenters. The third kappa shape index (κ3) is 13.5. The summed E-state index contributed by atoms with van der Waals surface area (Å²) in [6.07, 6.45) is 1.23. The van der Waals surface area contributed by atoms with Gasteiger partial charge in [-0.3, -0.25) is 8.98 Å². The lowest BCUT2D eigenvalue weighted by molar-refractivity contribution is -0.122. The number of hydrogen-bond donors (Lipinski definition) is 1. The van der Waals surface area contributed by atoms with Crippen LogP contribution in [0.3, 0.4) is 0 Å². The molecule has 0 radical (unpaired) electrons. The summed E-state index contributed by atoms with van der Waals surface area (Å²) in [5, 5.41) is 3.45. The van der Waals surface area contributed by atoms with E-state index in [0.717, 1.165) is 12.3 Å². The van der Waals surface area contributed by atoms with Gasteiger partial charge in [0, 0.05) is 51.7 Å². The van der Waals surface area contributed by atoms with E-state index in [2.05, 4.69) is 25.0 Å². The number of nitrogens with one attached hydrogen (secondary N) is 1. The van der Waals surface area contributed by atoms with Crippen molar-refractivity contribution in [2.24, 2.45) is 0 Å². The Morgan fingerprint density at radius 1 is 1.17 bits per heavy atom. The molecule has 0 bridgehead atoms. The average molecular weight is 656 g/mol. The van der Waals surface area contributed by atoms with Crippen LogP contribution in [0.5, 0.6) is 5.75 Å². The van der Waals surface area contributed by atoms with Crippen molar-refractivity contribution < 1.29 is 36.4 Å². The molecular formula is C27H44Cl2N2O8SSi. The van der Waals surface area contributed by atoms with Gasteiger partial charge in [-0.2, -0.15) is 8.42 Å². The number of amides is 2. The molecule has 1 saturated heterocycles. The van der Waals surface area contributed by atoms with E-state index >= 15 is 0 Å². The van der Waals surface area contributed by atoms with Crippen LogP contribution in [0.15, 0.2) is 12.1 Å². The molecule has 0 spiro atoms. The second-order valence-electron chi connectivity index (χ2n) is 12.4. The summed E-state index contributed by atoms with van der Waals surface area (Å²) in [5.74, 6) is -0.483. The van der Waals surface area contributed by atoms with E-state index in [1.807, 2.05) is 0 Å². The van der Waals surface area contributed by atoms with Gasteiger partial charge in [-0.05, 0) is 51.8 Å². The Kier molecular flexibility index (Phi) is 13.2. The van der Waals surface area contributed by atoms with Crippen LogP contribution in [-0.2, 0) is 28.6 Å². The van der Waals surface area contributed by atoms with Crippen LogP contribution in [-0.4, -0.2) is 84.4 Å². The lowest BCUT2D eigenvalue weighted by Crippen LogP contribution is -2.40. The molecule has 1 N–H and O–H groups in total. The van der Waals surface area contributed by atoms with Crippen LogP contribution < -0.4 is 10.1 Å². The topological polar surface area (TPSA) is 120 Å². The fourth-order valence-corrected chi connectivity index (χ4v) is 5.80. The van der Waals surface area contributed by atoms with Gasteiger partial charge in [0.2, 0.25) is 5.91 Å². The van der Waals surface area contributed by atoms with Crippen LogP contribution >= 0.6 is 23.2 Å². The number of likely N-dealkylation sites (tertiary alicyclic amines) is 1. The van der Waals surface area contributed by atoms with Gasteiger partial charge in [-0.15, -0.1) is 0 Å². The van der Waals surface area contributed by atoms with Gasteiger partial charge in [0.25, 0.3) is 10.1 Å². The van der Waals surface area contributed by atoms with Crippen molar-refractivity contribution in [3.05, 3.63) is 27.7 Å². The lowest BCUT2D eigenvalue weighted by Gasteiger charge is -2.25. The molecule has 14 heteroatoms. The molecule has 10 nitrogen and oxygen atoms in total. The third-order valence-electron chi connectivity index (χ3n) is 6.20. The molecule has 1 fully saturated rings. The second kappa shape index (κ2) is 15.2. The highest BCUT2D eigenvalue weighted by molar-refractivity contribution is 7.85. The van der Waals surface area contributed by atoms with Gasteiger partial charge < -0.3 is 24.4 Å². The average Bonchev–Trinajstić information content (AvgIpc) is 3.26. The summed E-state index contributed by atoms with van der Waals surface area (Å²) in [6.45, 7) is 13.3. The van der Waals surface area contributed by atoms with Gasteiger partial charge in [0.05, 0.1) is 22.9 Å². The van der Waals surface area contributed by atoms with E-state index in [4.69, 9.17) is 41.6 Å². The summed E-state index contributed by atoms with van der Waals surface area (Å²) < 4.78 is 45.2. The van der Waals surface area contributed by atoms with Crippen molar-refractivity contribution >= 4 is 53.4 Å². The number of ether oxygens (including phenoxy) is 3. The number of benzene rings is 1. The van der Waals surface area contributed by atoms with Crippen molar-refractivity contribution in [3.63, 3.8) is 0 Å². The molecule has 0 aromatic heterocycles. The Bertz CT molecular complexity index is 1160. The number of nitrogens with zero attached hydrogens (tertiary/aromatic N) is 1. The SMILES string of the molecule is CC(C)(C)OC(=O)N1CCC(NC(=O)CC(CCOS(C)(=O)=O)c2c(OCOCC[Si](C)(C)C)ccc(Cl)c2Cl)C1. The Balaban J connectivity index is 2.16. The predicted octanol–water partition coefficient (Wildman–Crippen LogP) is 5.65. The Labute approximate surface area is 255 Å². The molecule has 1 aromatic rings. The summed E-state index contributed by atoms with van der Waals surface area (Å²) in [6, 6.07) is 3.97. The van der Waals surface area contributed by atoms with Gasteiger partial charge in [0.1, 0.15) is 11.4 Å². The van der Waals surface area contributed by atoms with Gasteiger partial charge in [-0.1, -0.05) is 42.8 Å². The molecule has 0 saturated carbocycles. The van der Waals surface area contributed by atoms with Crippen LogP contribution in [0.4, 0.5) is 4.79 Å². The molecule has 2 rings (SSSR count). The molecule has 234 valence electrons. The fourth-order valence-electron chi connectivity index (χ4n) is 4.17. The first kappa shape index (κ1) is 35.6. The van der Waals surface area contributed by atoms with E-state index < -0.39 is 35.8 Å². The highest BCUT2D eigenvalue weighted by Crippen LogP contribution is 2.41. The summed E-state index contributed by atoms with van der Waals surface area (Å²) in [4.78, 5) is 27.2. The highest BCUT2D eigenvalue weighted by Gasteiger charge is 2.32. The first-order chi connectivity index (χ1) is 18.8. The molecule has 0 aliphatic carbocycles. The monoisotopic (exact) mass is 654 g/mol. The first-order valence-corrected chi connectivity index (χ1v) is 19.9. The minimum Gasteiger partial charge on any atom is -0.467 e. The maximum atomic E-state index is 13.2. The van der Waals surface area contributed by atoms with Crippen LogP contribution in [0.25, 0.3) is 0 Å². The minimum atomic E-state index is -3.69. The smallest absolute Gasteiger partial charge is 0.410 e. The normalized spacial score (nSPS) is 16.9. The Morgan fingerprint density at radius 3 is 2.46 bits per heavy atom. The van der Waals surface area contributed by atoms with E-state index in [9.17, 15) is 18.0 Å².